The number of likely N-dealkylation sites (tertiary alicyclic amines) is 1. The molecule has 2 aromatic rings. The van der Waals surface area contributed by atoms with Crippen molar-refractivity contribution in [2.75, 3.05) is 25.0 Å². The Kier molecular flexibility index (Phi) is 6.04. The van der Waals surface area contributed by atoms with Crippen LogP contribution in [0.15, 0.2) is 36.7 Å². The number of hydrogen-bond acceptors (Lipinski definition) is 3. The summed E-state index contributed by atoms with van der Waals surface area (Å²) in [5, 5.41) is 2.66. The average Bonchev–Trinajstić information content (AvgIpc) is 3.07. The highest BCUT2D eigenvalue weighted by Crippen LogP contribution is 2.22. The van der Waals surface area contributed by atoms with Gasteiger partial charge in [0.05, 0.1) is 12.2 Å². The Morgan fingerprint density at radius 2 is 2.04 bits per heavy atom. The van der Waals surface area contributed by atoms with Gasteiger partial charge in [-0.15, -0.1) is 0 Å². The number of amides is 1. The van der Waals surface area contributed by atoms with Crippen LogP contribution in [0.25, 0.3) is 0 Å². The lowest BCUT2D eigenvalue weighted by Gasteiger charge is -2.32. The molecule has 0 saturated carbocycles. The van der Waals surface area contributed by atoms with Gasteiger partial charge in [-0.05, 0) is 44.0 Å². The quantitative estimate of drug-likeness (QED) is 0.860. The molecule has 1 aliphatic heterocycles. The Hall–Kier alpha value is -2.21. The number of nitrogens with one attached hydrogen (secondary N) is 1. The lowest BCUT2D eigenvalue weighted by Crippen LogP contribution is -2.40. The van der Waals surface area contributed by atoms with E-state index in [1.807, 2.05) is 6.20 Å². The highest BCUT2D eigenvalue weighted by molar-refractivity contribution is 5.92. The highest BCUT2D eigenvalue weighted by Gasteiger charge is 2.22. The van der Waals surface area contributed by atoms with E-state index in [0.29, 0.717) is 18.4 Å². The summed E-state index contributed by atoms with van der Waals surface area (Å²) in [6.45, 7) is 7.40. The molecule has 1 aliphatic rings. The van der Waals surface area contributed by atoms with Crippen LogP contribution in [-0.4, -0.2) is 40.0 Å². The maximum Gasteiger partial charge on any atom is 0.238 e. The monoisotopic (exact) mass is 358 g/mol. The zero-order chi connectivity index (χ0) is 18.5. The molecule has 26 heavy (non-hydrogen) atoms. The second-order valence-electron chi connectivity index (χ2n) is 7.34. The van der Waals surface area contributed by atoms with Crippen LogP contribution in [0.4, 0.5) is 10.1 Å². The fourth-order valence-electron chi connectivity index (χ4n) is 3.54. The number of aromatic nitrogens is 2. The second kappa shape index (κ2) is 8.45. The molecule has 0 aliphatic carbocycles. The van der Waals surface area contributed by atoms with E-state index in [4.69, 9.17) is 0 Å². The molecule has 0 bridgehead atoms. The summed E-state index contributed by atoms with van der Waals surface area (Å²) in [6, 6.07) is 6.26. The van der Waals surface area contributed by atoms with Crippen LogP contribution in [0.3, 0.4) is 0 Å². The number of piperidine rings is 1. The summed E-state index contributed by atoms with van der Waals surface area (Å²) in [7, 11) is 0. The Morgan fingerprint density at radius 1 is 1.31 bits per heavy atom. The first-order chi connectivity index (χ1) is 12.5. The van der Waals surface area contributed by atoms with Crippen LogP contribution in [0, 0.1) is 11.7 Å². The van der Waals surface area contributed by atoms with Gasteiger partial charge < -0.3 is 9.88 Å². The fourth-order valence-corrected chi connectivity index (χ4v) is 3.54. The summed E-state index contributed by atoms with van der Waals surface area (Å²) in [5.74, 6) is 1.60. The Morgan fingerprint density at radius 3 is 2.73 bits per heavy atom. The molecule has 5 nitrogen and oxygen atoms in total. The normalized spacial score (nSPS) is 16.2. The lowest BCUT2D eigenvalue weighted by atomic mass is 9.96. The summed E-state index contributed by atoms with van der Waals surface area (Å²) < 4.78 is 15.9. The van der Waals surface area contributed by atoms with E-state index in [2.05, 4.69) is 39.8 Å². The Bertz CT molecular complexity index is 735. The first-order valence-corrected chi connectivity index (χ1v) is 9.30. The molecule has 1 saturated heterocycles. The second-order valence-corrected chi connectivity index (χ2v) is 7.34. The van der Waals surface area contributed by atoms with Crippen LogP contribution in [0.2, 0.25) is 0 Å². The predicted molar refractivity (Wildman–Crippen MR) is 101 cm³/mol. The van der Waals surface area contributed by atoms with Gasteiger partial charge in [-0.3, -0.25) is 9.69 Å². The van der Waals surface area contributed by atoms with Crippen molar-refractivity contribution in [3.8, 4) is 0 Å². The zero-order valence-corrected chi connectivity index (χ0v) is 15.5. The lowest BCUT2D eigenvalue weighted by molar-refractivity contribution is -0.117. The molecule has 1 aromatic heterocycles. The number of carbonyl (C=O) groups excluding carboxylic acids is 1. The number of nitrogens with zero attached hydrogens (tertiary/aromatic N) is 3. The van der Waals surface area contributed by atoms with Gasteiger partial charge in [0, 0.05) is 24.9 Å². The third-order valence-electron chi connectivity index (χ3n) is 4.94. The molecule has 1 amide bonds. The molecular formula is C20H27FN4O. The predicted octanol–water partition coefficient (Wildman–Crippen LogP) is 3.50. The summed E-state index contributed by atoms with van der Waals surface area (Å²) in [4.78, 5) is 18.8. The number of benzene rings is 1. The highest BCUT2D eigenvalue weighted by atomic mass is 19.1. The summed E-state index contributed by atoms with van der Waals surface area (Å²) in [5.41, 5.74) is 0.244. The van der Waals surface area contributed by atoms with Gasteiger partial charge in [0.15, 0.2) is 0 Å². The van der Waals surface area contributed by atoms with Gasteiger partial charge in [-0.2, -0.15) is 0 Å². The van der Waals surface area contributed by atoms with Crippen LogP contribution in [0.5, 0.6) is 0 Å². The van der Waals surface area contributed by atoms with Crippen molar-refractivity contribution >= 4 is 11.6 Å². The maximum absolute atomic E-state index is 13.6. The number of para-hydroxylation sites is 1. The van der Waals surface area contributed by atoms with E-state index in [-0.39, 0.29) is 11.6 Å². The van der Waals surface area contributed by atoms with E-state index in [0.717, 1.165) is 38.3 Å². The first-order valence-electron chi connectivity index (χ1n) is 9.30. The van der Waals surface area contributed by atoms with Crippen molar-refractivity contribution in [3.05, 3.63) is 48.3 Å². The molecule has 0 unspecified atom stereocenters. The minimum Gasteiger partial charge on any atom is -0.334 e. The van der Waals surface area contributed by atoms with Crippen LogP contribution in [-0.2, 0) is 11.3 Å². The summed E-state index contributed by atoms with van der Waals surface area (Å²) >= 11 is 0. The third-order valence-corrected chi connectivity index (χ3v) is 4.94. The molecule has 6 heteroatoms. The maximum atomic E-state index is 13.6. The zero-order valence-electron chi connectivity index (χ0n) is 15.5. The van der Waals surface area contributed by atoms with Gasteiger partial charge in [-0.25, -0.2) is 9.37 Å². The molecule has 1 N–H and O–H groups in total. The van der Waals surface area contributed by atoms with Gasteiger partial charge >= 0.3 is 0 Å². The van der Waals surface area contributed by atoms with E-state index in [1.54, 1.807) is 18.2 Å². The number of rotatable bonds is 6. The van der Waals surface area contributed by atoms with Crippen molar-refractivity contribution in [2.45, 2.75) is 39.2 Å². The van der Waals surface area contributed by atoms with E-state index in [9.17, 15) is 9.18 Å². The van der Waals surface area contributed by atoms with Gasteiger partial charge in [0.2, 0.25) is 5.91 Å². The number of anilines is 1. The van der Waals surface area contributed by atoms with Crippen molar-refractivity contribution in [1.82, 2.24) is 14.5 Å². The topological polar surface area (TPSA) is 50.2 Å². The van der Waals surface area contributed by atoms with Crippen molar-refractivity contribution < 1.29 is 9.18 Å². The standard InChI is InChI=1S/C20H27FN4O/c1-15(2)20-22-9-12-25(20)13-16-7-10-24(11-8-16)14-19(26)23-18-6-4-3-5-17(18)21/h3-6,9,12,15-16H,7-8,10-11,13-14H2,1-2H3,(H,23,26). The smallest absolute Gasteiger partial charge is 0.238 e. The minimum atomic E-state index is -0.402. The van der Waals surface area contributed by atoms with Crippen molar-refractivity contribution in [3.63, 3.8) is 0 Å². The number of hydrogen-bond donors (Lipinski definition) is 1. The molecule has 0 spiro atoms. The van der Waals surface area contributed by atoms with E-state index >= 15 is 0 Å². The van der Waals surface area contributed by atoms with E-state index in [1.165, 1.54) is 6.07 Å². The van der Waals surface area contributed by atoms with Crippen LogP contribution >= 0.6 is 0 Å². The number of carbonyl (C=O) groups is 1. The van der Waals surface area contributed by atoms with Crippen LogP contribution < -0.4 is 5.32 Å². The molecule has 3 rings (SSSR count). The first kappa shape index (κ1) is 18.6. The van der Waals surface area contributed by atoms with Gasteiger partial charge in [-0.1, -0.05) is 26.0 Å². The largest absolute Gasteiger partial charge is 0.334 e. The Balaban J connectivity index is 1.46. The fraction of sp³-hybridized carbons (Fsp3) is 0.500. The molecule has 1 aromatic carbocycles. The molecule has 0 atom stereocenters. The minimum absolute atomic E-state index is 0.162. The summed E-state index contributed by atoms with van der Waals surface area (Å²) in [6.07, 6.45) is 6.05. The SMILES string of the molecule is CC(C)c1nccn1CC1CCN(CC(=O)Nc2ccccc2F)CC1. The van der Waals surface area contributed by atoms with Crippen LogP contribution in [0.1, 0.15) is 38.4 Å². The Labute approximate surface area is 154 Å². The molecule has 0 radical (unpaired) electrons. The molecule has 140 valence electrons. The average molecular weight is 358 g/mol. The van der Waals surface area contributed by atoms with Crippen molar-refractivity contribution in [1.29, 1.82) is 0 Å². The number of halogens is 1. The third kappa shape index (κ3) is 4.69. The van der Waals surface area contributed by atoms with Gasteiger partial charge in [0.25, 0.3) is 0 Å². The molecule has 1 fully saturated rings. The molecule has 2 heterocycles. The molecular weight excluding hydrogens is 331 g/mol. The van der Waals surface area contributed by atoms with Gasteiger partial charge in [0.1, 0.15) is 11.6 Å². The van der Waals surface area contributed by atoms with E-state index < -0.39 is 5.82 Å². The van der Waals surface area contributed by atoms with Crippen molar-refractivity contribution in [2.24, 2.45) is 5.92 Å². The number of imidazole rings is 1.